The lowest BCUT2D eigenvalue weighted by Crippen LogP contribution is -2.43. The molecule has 26 heavy (non-hydrogen) atoms. The van der Waals surface area contributed by atoms with E-state index in [2.05, 4.69) is 10.3 Å². The minimum atomic E-state index is -0.0791. The van der Waals surface area contributed by atoms with E-state index in [-0.39, 0.29) is 18.6 Å². The maximum atomic E-state index is 12.7. The average molecular weight is 348 g/mol. The maximum Gasteiger partial charge on any atom is 0.244 e. The topological polar surface area (TPSA) is 60.2 Å². The first-order valence-electron chi connectivity index (χ1n) is 8.69. The van der Waals surface area contributed by atoms with Crippen LogP contribution in [0.1, 0.15) is 11.7 Å². The van der Waals surface area contributed by atoms with Crippen LogP contribution in [0, 0.1) is 0 Å². The van der Waals surface area contributed by atoms with Crippen LogP contribution in [0.4, 0.5) is 0 Å². The number of carbonyl (C=O) groups is 1. The summed E-state index contributed by atoms with van der Waals surface area (Å²) in [6.45, 7) is 1.88. The van der Waals surface area contributed by atoms with Crippen LogP contribution in [0.5, 0.6) is 0 Å². The summed E-state index contributed by atoms with van der Waals surface area (Å²) >= 11 is 0. The molecule has 6 nitrogen and oxygen atoms in total. The SMILES string of the molecule is O=C(Cn1cc(-c2ccccc2)nn1)N1CCO[C@@H](c2ccccc2)C1. The van der Waals surface area contributed by atoms with E-state index < -0.39 is 0 Å². The molecule has 0 radical (unpaired) electrons. The molecule has 1 atom stereocenters. The molecule has 0 unspecified atom stereocenters. The first-order valence-corrected chi connectivity index (χ1v) is 8.69. The van der Waals surface area contributed by atoms with Gasteiger partial charge in [-0.1, -0.05) is 65.9 Å². The van der Waals surface area contributed by atoms with Crippen LogP contribution >= 0.6 is 0 Å². The van der Waals surface area contributed by atoms with Gasteiger partial charge in [-0.05, 0) is 5.56 Å². The van der Waals surface area contributed by atoms with Crippen molar-refractivity contribution in [3.8, 4) is 11.3 Å². The lowest BCUT2D eigenvalue weighted by atomic mass is 10.1. The van der Waals surface area contributed by atoms with Crippen molar-refractivity contribution in [2.75, 3.05) is 19.7 Å². The number of rotatable bonds is 4. The maximum absolute atomic E-state index is 12.7. The zero-order valence-corrected chi connectivity index (χ0v) is 14.4. The van der Waals surface area contributed by atoms with Crippen LogP contribution in [-0.4, -0.2) is 45.5 Å². The number of nitrogens with zero attached hydrogens (tertiary/aromatic N) is 4. The number of benzene rings is 2. The summed E-state index contributed by atoms with van der Waals surface area (Å²) < 4.78 is 7.42. The smallest absolute Gasteiger partial charge is 0.244 e. The van der Waals surface area contributed by atoms with Gasteiger partial charge in [-0.25, -0.2) is 4.68 Å². The minimum absolute atomic E-state index is 0.0266. The molecule has 1 amide bonds. The minimum Gasteiger partial charge on any atom is -0.370 e. The van der Waals surface area contributed by atoms with E-state index >= 15 is 0 Å². The zero-order chi connectivity index (χ0) is 17.8. The van der Waals surface area contributed by atoms with Crippen molar-refractivity contribution in [3.63, 3.8) is 0 Å². The molecule has 6 heteroatoms. The lowest BCUT2D eigenvalue weighted by molar-refractivity contribution is -0.139. The summed E-state index contributed by atoms with van der Waals surface area (Å²) in [5.41, 5.74) is 2.85. The number of morpholine rings is 1. The standard InChI is InChI=1S/C20H20N4O2/c25-20(15-24-13-18(21-22-24)16-7-3-1-4-8-16)23-11-12-26-19(14-23)17-9-5-2-6-10-17/h1-10,13,19H,11-12,14-15H2/t19-/m1/s1. The highest BCUT2D eigenvalue weighted by Gasteiger charge is 2.25. The van der Waals surface area contributed by atoms with Crippen LogP contribution in [-0.2, 0) is 16.1 Å². The predicted octanol–water partition coefficient (Wildman–Crippen LogP) is 2.55. The average Bonchev–Trinajstić information content (AvgIpc) is 3.18. The highest BCUT2D eigenvalue weighted by Crippen LogP contribution is 2.22. The second kappa shape index (κ2) is 7.49. The van der Waals surface area contributed by atoms with Crippen LogP contribution in [0.15, 0.2) is 66.9 Å². The van der Waals surface area contributed by atoms with Crippen molar-refractivity contribution in [2.24, 2.45) is 0 Å². The van der Waals surface area contributed by atoms with Crippen LogP contribution < -0.4 is 0 Å². The Morgan fingerprint density at radius 3 is 2.58 bits per heavy atom. The van der Waals surface area contributed by atoms with Gasteiger partial charge in [0.1, 0.15) is 18.3 Å². The molecular formula is C20H20N4O2. The third kappa shape index (κ3) is 3.65. The van der Waals surface area contributed by atoms with E-state index in [4.69, 9.17) is 4.74 Å². The van der Waals surface area contributed by atoms with Gasteiger partial charge in [-0.2, -0.15) is 0 Å². The molecule has 3 aromatic rings. The number of ether oxygens (including phenoxy) is 1. The highest BCUT2D eigenvalue weighted by molar-refractivity contribution is 5.76. The summed E-state index contributed by atoms with van der Waals surface area (Å²) in [6.07, 6.45) is 1.73. The van der Waals surface area contributed by atoms with Gasteiger partial charge in [0, 0.05) is 12.1 Å². The van der Waals surface area contributed by atoms with Gasteiger partial charge in [0.05, 0.1) is 19.3 Å². The molecule has 1 aromatic heterocycles. The summed E-state index contributed by atoms with van der Waals surface area (Å²) in [7, 11) is 0. The predicted molar refractivity (Wildman–Crippen MR) is 97.2 cm³/mol. The van der Waals surface area contributed by atoms with Gasteiger partial charge in [-0.15, -0.1) is 5.10 Å². The molecule has 2 aromatic carbocycles. The Morgan fingerprint density at radius 2 is 1.81 bits per heavy atom. The molecular weight excluding hydrogens is 328 g/mol. The normalized spacial score (nSPS) is 17.2. The summed E-state index contributed by atoms with van der Waals surface area (Å²) in [4.78, 5) is 14.5. The van der Waals surface area contributed by atoms with Crippen LogP contribution in [0.3, 0.4) is 0 Å². The van der Waals surface area contributed by atoms with Crippen LogP contribution in [0.25, 0.3) is 11.3 Å². The van der Waals surface area contributed by atoms with E-state index in [1.807, 2.05) is 71.8 Å². The fourth-order valence-electron chi connectivity index (χ4n) is 3.10. The van der Waals surface area contributed by atoms with E-state index in [9.17, 15) is 4.79 Å². The largest absolute Gasteiger partial charge is 0.370 e. The third-order valence-electron chi connectivity index (χ3n) is 4.50. The Hall–Kier alpha value is -2.99. The molecule has 0 N–H and O–H groups in total. The lowest BCUT2D eigenvalue weighted by Gasteiger charge is -2.33. The van der Waals surface area contributed by atoms with Crippen LogP contribution in [0.2, 0.25) is 0 Å². The van der Waals surface area contributed by atoms with E-state index in [0.29, 0.717) is 19.7 Å². The summed E-state index contributed by atoms with van der Waals surface area (Å²) in [6, 6.07) is 19.8. The van der Waals surface area contributed by atoms with Gasteiger partial charge < -0.3 is 9.64 Å². The monoisotopic (exact) mass is 348 g/mol. The van der Waals surface area contributed by atoms with Crippen molar-refractivity contribution in [3.05, 3.63) is 72.4 Å². The zero-order valence-electron chi connectivity index (χ0n) is 14.4. The molecule has 132 valence electrons. The van der Waals surface area contributed by atoms with Gasteiger partial charge >= 0.3 is 0 Å². The fraction of sp³-hybridized carbons (Fsp3) is 0.250. The van der Waals surface area contributed by atoms with Gasteiger partial charge in [0.15, 0.2) is 0 Å². The summed E-state index contributed by atoms with van der Waals surface area (Å²) in [5, 5.41) is 8.26. The molecule has 1 aliphatic rings. The van der Waals surface area contributed by atoms with Crippen molar-refractivity contribution in [2.45, 2.75) is 12.6 Å². The van der Waals surface area contributed by atoms with Gasteiger partial charge in [-0.3, -0.25) is 4.79 Å². The van der Waals surface area contributed by atoms with Crippen molar-refractivity contribution >= 4 is 5.91 Å². The number of hydrogen-bond donors (Lipinski definition) is 0. The molecule has 0 aliphatic carbocycles. The second-order valence-corrected chi connectivity index (χ2v) is 6.28. The van der Waals surface area contributed by atoms with E-state index in [1.54, 1.807) is 4.68 Å². The molecule has 1 saturated heterocycles. The van der Waals surface area contributed by atoms with E-state index in [1.165, 1.54) is 0 Å². The molecule has 1 aliphatic heterocycles. The van der Waals surface area contributed by atoms with Gasteiger partial charge in [0.25, 0.3) is 0 Å². The van der Waals surface area contributed by atoms with Crippen molar-refractivity contribution in [1.82, 2.24) is 19.9 Å². The second-order valence-electron chi connectivity index (χ2n) is 6.28. The fourth-order valence-corrected chi connectivity index (χ4v) is 3.10. The molecule has 2 heterocycles. The Morgan fingerprint density at radius 1 is 1.08 bits per heavy atom. The Kier molecular flexibility index (Phi) is 4.75. The van der Waals surface area contributed by atoms with Gasteiger partial charge in [0.2, 0.25) is 5.91 Å². The number of carbonyl (C=O) groups excluding carboxylic acids is 1. The molecule has 0 spiro atoms. The Balaban J connectivity index is 1.41. The molecule has 0 saturated carbocycles. The number of hydrogen-bond acceptors (Lipinski definition) is 4. The first-order chi connectivity index (χ1) is 12.8. The first kappa shape index (κ1) is 16.5. The third-order valence-corrected chi connectivity index (χ3v) is 4.50. The Bertz CT molecular complexity index is 864. The summed E-state index contributed by atoms with van der Waals surface area (Å²) in [5.74, 6) is 0.0266. The van der Waals surface area contributed by atoms with Crippen molar-refractivity contribution in [1.29, 1.82) is 0 Å². The molecule has 4 rings (SSSR count). The number of aromatic nitrogens is 3. The molecule has 1 fully saturated rings. The van der Waals surface area contributed by atoms with Crippen molar-refractivity contribution < 1.29 is 9.53 Å². The Labute approximate surface area is 152 Å². The molecule has 0 bridgehead atoms. The highest BCUT2D eigenvalue weighted by atomic mass is 16.5. The van der Waals surface area contributed by atoms with E-state index in [0.717, 1.165) is 16.8 Å². The quantitative estimate of drug-likeness (QED) is 0.727. The number of amides is 1.